The van der Waals surface area contributed by atoms with Crippen LogP contribution in [0.5, 0.6) is 0 Å². The summed E-state index contributed by atoms with van der Waals surface area (Å²) in [7, 11) is 1.98. The molecule has 1 aromatic heterocycles. The van der Waals surface area contributed by atoms with Crippen LogP contribution in [0.3, 0.4) is 0 Å². The predicted octanol–water partition coefficient (Wildman–Crippen LogP) is 3.32. The largest absolute Gasteiger partial charge is 0.384 e. The molecule has 2 rings (SSSR count). The van der Waals surface area contributed by atoms with Crippen LogP contribution in [0.15, 0.2) is 35.7 Å². The molecule has 0 atom stereocenters. The summed E-state index contributed by atoms with van der Waals surface area (Å²) < 4.78 is 0. The van der Waals surface area contributed by atoms with Crippen molar-refractivity contribution < 1.29 is 0 Å². The molecule has 1 aromatic carbocycles. The van der Waals surface area contributed by atoms with Crippen molar-refractivity contribution in [2.24, 2.45) is 5.73 Å². The molecule has 0 bridgehead atoms. The van der Waals surface area contributed by atoms with E-state index in [2.05, 4.69) is 16.3 Å². The second-order valence-electron chi connectivity index (χ2n) is 4.01. The van der Waals surface area contributed by atoms with Crippen molar-refractivity contribution in [2.45, 2.75) is 6.54 Å². The highest BCUT2D eigenvalue weighted by molar-refractivity contribution is 7.09. The van der Waals surface area contributed by atoms with Gasteiger partial charge in [-0.2, -0.15) is 0 Å². The molecular weight excluding hydrogens is 266 g/mol. The van der Waals surface area contributed by atoms with E-state index in [0.29, 0.717) is 10.6 Å². The van der Waals surface area contributed by atoms with Crippen molar-refractivity contribution in [3.63, 3.8) is 0 Å². The summed E-state index contributed by atoms with van der Waals surface area (Å²) >= 11 is 7.65. The number of rotatable bonds is 4. The molecule has 94 valence electrons. The van der Waals surface area contributed by atoms with Gasteiger partial charge in [-0.15, -0.1) is 11.3 Å². The van der Waals surface area contributed by atoms with Crippen molar-refractivity contribution in [3.05, 3.63) is 51.2 Å². The zero-order valence-electron chi connectivity index (χ0n) is 9.98. The van der Waals surface area contributed by atoms with Crippen LogP contribution in [0, 0.1) is 5.41 Å². The normalized spacial score (nSPS) is 10.3. The van der Waals surface area contributed by atoms with Gasteiger partial charge in [0.15, 0.2) is 0 Å². The number of hydrogen-bond acceptors (Lipinski definition) is 3. The molecule has 1 heterocycles. The Morgan fingerprint density at radius 3 is 2.83 bits per heavy atom. The Morgan fingerprint density at radius 1 is 1.44 bits per heavy atom. The summed E-state index contributed by atoms with van der Waals surface area (Å²) in [4.78, 5) is 3.33. The maximum atomic E-state index is 7.61. The zero-order chi connectivity index (χ0) is 13.1. The maximum absolute atomic E-state index is 7.61. The highest BCUT2D eigenvalue weighted by Crippen LogP contribution is 2.25. The Morgan fingerprint density at radius 2 is 2.22 bits per heavy atom. The Hall–Kier alpha value is -1.52. The van der Waals surface area contributed by atoms with E-state index in [4.69, 9.17) is 22.7 Å². The quantitative estimate of drug-likeness (QED) is 0.666. The Labute approximate surface area is 115 Å². The summed E-state index contributed by atoms with van der Waals surface area (Å²) in [5, 5.41) is 10.3. The van der Waals surface area contributed by atoms with Gasteiger partial charge in [0.1, 0.15) is 5.84 Å². The molecule has 3 nitrogen and oxygen atoms in total. The third kappa shape index (κ3) is 2.83. The van der Waals surface area contributed by atoms with E-state index in [9.17, 15) is 0 Å². The molecule has 0 spiro atoms. The molecule has 5 heteroatoms. The van der Waals surface area contributed by atoms with Gasteiger partial charge in [-0.1, -0.05) is 17.7 Å². The van der Waals surface area contributed by atoms with E-state index in [-0.39, 0.29) is 5.84 Å². The van der Waals surface area contributed by atoms with Crippen LogP contribution in [0.2, 0.25) is 5.02 Å². The molecule has 0 saturated heterocycles. The highest BCUT2D eigenvalue weighted by atomic mass is 35.5. The maximum Gasteiger partial charge on any atom is 0.124 e. The number of anilines is 1. The molecule has 0 aliphatic heterocycles. The van der Waals surface area contributed by atoms with Gasteiger partial charge >= 0.3 is 0 Å². The predicted molar refractivity (Wildman–Crippen MR) is 78.9 cm³/mol. The smallest absolute Gasteiger partial charge is 0.124 e. The van der Waals surface area contributed by atoms with Gasteiger partial charge in [0.05, 0.1) is 6.54 Å². The lowest BCUT2D eigenvalue weighted by Crippen LogP contribution is -2.21. The molecule has 0 unspecified atom stereocenters. The molecule has 0 aliphatic rings. The van der Waals surface area contributed by atoms with Gasteiger partial charge in [0.2, 0.25) is 0 Å². The van der Waals surface area contributed by atoms with E-state index in [0.717, 1.165) is 12.2 Å². The number of nitrogens with one attached hydrogen (secondary N) is 1. The average molecular weight is 280 g/mol. The number of nitrogen functional groups attached to an aromatic ring is 1. The van der Waals surface area contributed by atoms with Gasteiger partial charge in [0.25, 0.3) is 0 Å². The second-order valence-corrected chi connectivity index (χ2v) is 5.48. The first-order valence-electron chi connectivity index (χ1n) is 5.45. The van der Waals surface area contributed by atoms with Gasteiger partial charge in [-0.05, 0) is 29.6 Å². The molecular formula is C13H14ClN3S. The lowest BCUT2D eigenvalue weighted by atomic mass is 10.1. The number of benzene rings is 1. The lowest BCUT2D eigenvalue weighted by molar-refractivity contribution is 0.938. The first-order chi connectivity index (χ1) is 8.58. The highest BCUT2D eigenvalue weighted by Gasteiger charge is 2.11. The third-order valence-corrected chi connectivity index (χ3v) is 3.73. The summed E-state index contributed by atoms with van der Waals surface area (Å²) in [5.74, 6) is 0.0329. The van der Waals surface area contributed by atoms with E-state index in [1.54, 1.807) is 17.4 Å². The van der Waals surface area contributed by atoms with Crippen LogP contribution >= 0.6 is 22.9 Å². The fourth-order valence-electron chi connectivity index (χ4n) is 1.78. The van der Waals surface area contributed by atoms with E-state index in [1.807, 2.05) is 25.2 Å². The van der Waals surface area contributed by atoms with Crippen LogP contribution in [-0.2, 0) is 6.54 Å². The summed E-state index contributed by atoms with van der Waals surface area (Å²) in [6.45, 7) is 0.791. The van der Waals surface area contributed by atoms with Crippen LogP contribution in [0.25, 0.3) is 0 Å². The Bertz CT molecular complexity index is 551. The number of halogens is 1. The lowest BCUT2D eigenvalue weighted by Gasteiger charge is -2.21. The van der Waals surface area contributed by atoms with Crippen LogP contribution in [0.4, 0.5) is 5.69 Å². The van der Waals surface area contributed by atoms with E-state index in [1.165, 1.54) is 4.88 Å². The minimum atomic E-state index is 0.0329. The Balaban J connectivity index is 2.29. The molecule has 0 fully saturated rings. The van der Waals surface area contributed by atoms with Crippen molar-refractivity contribution >= 4 is 34.5 Å². The Kier molecular flexibility index (Phi) is 3.89. The van der Waals surface area contributed by atoms with E-state index < -0.39 is 0 Å². The number of thiophene rings is 1. The molecule has 2 aromatic rings. The number of nitrogens with zero attached hydrogens (tertiary/aromatic N) is 1. The second kappa shape index (κ2) is 5.42. The monoisotopic (exact) mass is 279 g/mol. The first kappa shape index (κ1) is 12.9. The first-order valence-corrected chi connectivity index (χ1v) is 6.71. The standard InChI is InChI=1S/C13H14ClN3S/c1-17(8-10-3-2-6-18-10)12-5-4-9(14)7-11(12)13(15)16/h2-7H,8H2,1H3,(H3,15,16). The summed E-state index contributed by atoms with van der Waals surface area (Å²) in [5.41, 5.74) is 7.18. The fourth-order valence-corrected chi connectivity index (χ4v) is 2.71. The van der Waals surface area contributed by atoms with Crippen molar-refractivity contribution in [1.82, 2.24) is 0 Å². The van der Waals surface area contributed by atoms with E-state index >= 15 is 0 Å². The molecule has 0 radical (unpaired) electrons. The fraction of sp³-hybridized carbons (Fsp3) is 0.154. The van der Waals surface area contributed by atoms with Crippen molar-refractivity contribution in [2.75, 3.05) is 11.9 Å². The third-order valence-electron chi connectivity index (χ3n) is 2.63. The summed E-state index contributed by atoms with van der Waals surface area (Å²) in [6.07, 6.45) is 0. The summed E-state index contributed by atoms with van der Waals surface area (Å²) in [6, 6.07) is 9.55. The molecule has 0 saturated carbocycles. The minimum Gasteiger partial charge on any atom is -0.384 e. The van der Waals surface area contributed by atoms with Crippen molar-refractivity contribution in [3.8, 4) is 0 Å². The van der Waals surface area contributed by atoms with Gasteiger partial charge < -0.3 is 10.6 Å². The van der Waals surface area contributed by atoms with Crippen LogP contribution in [-0.4, -0.2) is 12.9 Å². The van der Waals surface area contributed by atoms with Crippen molar-refractivity contribution in [1.29, 1.82) is 5.41 Å². The van der Waals surface area contributed by atoms with Gasteiger partial charge in [0, 0.05) is 28.2 Å². The molecule has 18 heavy (non-hydrogen) atoms. The molecule has 0 amide bonds. The van der Waals surface area contributed by atoms with Crippen LogP contribution in [0.1, 0.15) is 10.4 Å². The minimum absolute atomic E-state index is 0.0329. The number of hydrogen-bond donors (Lipinski definition) is 2. The van der Waals surface area contributed by atoms with Gasteiger partial charge in [-0.3, -0.25) is 5.41 Å². The molecule has 3 N–H and O–H groups in total. The number of nitrogens with two attached hydrogens (primary N) is 1. The molecule has 0 aliphatic carbocycles. The zero-order valence-corrected chi connectivity index (χ0v) is 11.6. The van der Waals surface area contributed by atoms with Gasteiger partial charge in [-0.25, -0.2) is 0 Å². The van der Waals surface area contributed by atoms with Crippen LogP contribution < -0.4 is 10.6 Å². The topological polar surface area (TPSA) is 53.1 Å². The SMILES string of the molecule is CN(Cc1cccs1)c1ccc(Cl)cc1C(=N)N. The number of amidine groups is 1. The average Bonchev–Trinajstić information content (AvgIpc) is 2.81.